The SMILES string of the molecule is CN(C(=O)[C@@H]1Cc2ccccc2CN1S(=O)(=O)c1cccs1)c1ccccc1F. The number of hydrogen-bond acceptors (Lipinski definition) is 4. The highest BCUT2D eigenvalue weighted by Gasteiger charge is 2.41. The highest BCUT2D eigenvalue weighted by molar-refractivity contribution is 7.91. The van der Waals surface area contributed by atoms with Crippen LogP contribution in [-0.4, -0.2) is 31.7 Å². The Kier molecular flexibility index (Phi) is 5.24. The lowest BCUT2D eigenvalue weighted by atomic mass is 9.95. The Labute approximate surface area is 173 Å². The van der Waals surface area contributed by atoms with E-state index in [1.165, 1.54) is 34.5 Å². The molecule has 1 aliphatic heterocycles. The Hall–Kier alpha value is -2.55. The van der Waals surface area contributed by atoms with Crippen molar-refractivity contribution in [2.45, 2.75) is 23.2 Å². The molecule has 0 unspecified atom stereocenters. The number of sulfonamides is 1. The predicted octanol–water partition coefficient (Wildman–Crippen LogP) is 3.67. The summed E-state index contributed by atoms with van der Waals surface area (Å²) in [5.41, 5.74) is 1.90. The zero-order chi connectivity index (χ0) is 20.6. The molecule has 150 valence electrons. The highest BCUT2D eigenvalue weighted by atomic mass is 32.2. The first-order valence-electron chi connectivity index (χ1n) is 9.04. The molecule has 0 bridgehead atoms. The van der Waals surface area contributed by atoms with Gasteiger partial charge in [-0.05, 0) is 41.1 Å². The van der Waals surface area contributed by atoms with Gasteiger partial charge in [-0.3, -0.25) is 4.79 Å². The van der Waals surface area contributed by atoms with E-state index in [0.29, 0.717) is 0 Å². The maximum absolute atomic E-state index is 14.2. The van der Waals surface area contributed by atoms with Crippen molar-refractivity contribution >= 4 is 33.0 Å². The van der Waals surface area contributed by atoms with Gasteiger partial charge in [0.15, 0.2) is 0 Å². The minimum atomic E-state index is -3.87. The molecule has 0 radical (unpaired) electrons. The van der Waals surface area contributed by atoms with E-state index in [1.54, 1.807) is 23.6 Å². The second-order valence-electron chi connectivity index (χ2n) is 6.82. The fourth-order valence-electron chi connectivity index (χ4n) is 3.55. The summed E-state index contributed by atoms with van der Waals surface area (Å²) >= 11 is 1.11. The van der Waals surface area contributed by atoms with Crippen LogP contribution in [0.3, 0.4) is 0 Å². The van der Waals surface area contributed by atoms with E-state index in [1.807, 2.05) is 24.3 Å². The first-order chi connectivity index (χ1) is 13.9. The molecule has 8 heteroatoms. The molecule has 0 fully saturated rings. The van der Waals surface area contributed by atoms with Crippen molar-refractivity contribution in [2.24, 2.45) is 0 Å². The minimum Gasteiger partial charge on any atom is -0.311 e. The van der Waals surface area contributed by atoms with Gasteiger partial charge in [0.05, 0.1) is 5.69 Å². The van der Waals surface area contributed by atoms with Gasteiger partial charge in [-0.1, -0.05) is 42.5 Å². The number of benzene rings is 2. The van der Waals surface area contributed by atoms with Gasteiger partial charge in [-0.2, -0.15) is 4.31 Å². The van der Waals surface area contributed by atoms with Crippen molar-refractivity contribution in [3.8, 4) is 0 Å². The van der Waals surface area contributed by atoms with Crippen molar-refractivity contribution in [2.75, 3.05) is 11.9 Å². The van der Waals surface area contributed by atoms with E-state index < -0.39 is 27.8 Å². The number of carbonyl (C=O) groups is 1. The third-order valence-corrected chi connectivity index (χ3v) is 8.32. The fourth-order valence-corrected chi connectivity index (χ4v) is 6.23. The Balaban J connectivity index is 1.76. The van der Waals surface area contributed by atoms with Gasteiger partial charge < -0.3 is 4.90 Å². The number of amides is 1. The summed E-state index contributed by atoms with van der Waals surface area (Å²) in [4.78, 5) is 14.5. The first kappa shape index (κ1) is 19.8. The Bertz CT molecular complexity index is 1150. The molecule has 2 heterocycles. The molecule has 1 aromatic heterocycles. The third kappa shape index (κ3) is 3.59. The molecule has 1 atom stereocenters. The van der Waals surface area contributed by atoms with Gasteiger partial charge in [-0.15, -0.1) is 11.3 Å². The molecule has 29 heavy (non-hydrogen) atoms. The van der Waals surface area contributed by atoms with Crippen LogP contribution in [0.15, 0.2) is 70.3 Å². The van der Waals surface area contributed by atoms with Gasteiger partial charge >= 0.3 is 0 Å². The second-order valence-corrected chi connectivity index (χ2v) is 9.88. The van der Waals surface area contributed by atoms with Crippen LogP contribution in [0.25, 0.3) is 0 Å². The molecule has 0 spiro atoms. The van der Waals surface area contributed by atoms with Crippen LogP contribution in [0.1, 0.15) is 11.1 Å². The summed E-state index contributed by atoms with van der Waals surface area (Å²) < 4.78 is 42.2. The molecule has 1 aliphatic rings. The van der Waals surface area contributed by atoms with Crippen LogP contribution < -0.4 is 4.90 Å². The van der Waals surface area contributed by atoms with E-state index in [-0.39, 0.29) is 22.9 Å². The number of thiophene rings is 1. The maximum Gasteiger partial charge on any atom is 0.253 e. The lowest BCUT2D eigenvalue weighted by Gasteiger charge is -2.36. The van der Waals surface area contributed by atoms with Crippen LogP contribution in [-0.2, 0) is 27.8 Å². The van der Waals surface area contributed by atoms with Crippen molar-refractivity contribution in [1.29, 1.82) is 0 Å². The average molecular weight is 431 g/mol. The van der Waals surface area contributed by atoms with Crippen LogP contribution in [0.5, 0.6) is 0 Å². The number of fused-ring (bicyclic) bond motifs is 1. The number of carbonyl (C=O) groups excluding carboxylic acids is 1. The molecular weight excluding hydrogens is 411 g/mol. The molecule has 0 N–H and O–H groups in total. The monoisotopic (exact) mass is 430 g/mol. The second kappa shape index (κ2) is 7.70. The third-order valence-electron chi connectivity index (χ3n) is 5.09. The number of anilines is 1. The molecule has 0 saturated heterocycles. The summed E-state index contributed by atoms with van der Waals surface area (Å²) in [6.45, 7) is 0.0952. The van der Waals surface area contributed by atoms with Gasteiger partial charge in [0.2, 0.25) is 5.91 Å². The lowest BCUT2D eigenvalue weighted by molar-refractivity contribution is -0.122. The molecular formula is C21H19FN2O3S2. The summed E-state index contributed by atoms with van der Waals surface area (Å²) in [5.74, 6) is -1.00. The summed E-state index contributed by atoms with van der Waals surface area (Å²) in [5, 5.41) is 1.69. The van der Waals surface area contributed by atoms with E-state index >= 15 is 0 Å². The van der Waals surface area contributed by atoms with E-state index in [0.717, 1.165) is 22.5 Å². The Morgan fingerprint density at radius 1 is 1.07 bits per heavy atom. The summed E-state index contributed by atoms with van der Waals surface area (Å²) in [7, 11) is -2.40. The van der Waals surface area contributed by atoms with Crippen molar-refractivity contribution in [3.63, 3.8) is 0 Å². The van der Waals surface area contributed by atoms with Crippen LogP contribution >= 0.6 is 11.3 Å². The maximum atomic E-state index is 14.2. The minimum absolute atomic E-state index is 0.0952. The average Bonchev–Trinajstić information content (AvgIpc) is 3.28. The first-order valence-corrected chi connectivity index (χ1v) is 11.4. The zero-order valence-corrected chi connectivity index (χ0v) is 17.3. The summed E-state index contributed by atoms with van der Waals surface area (Å²) in [6, 6.07) is 15.7. The van der Waals surface area contributed by atoms with Crippen molar-refractivity contribution in [1.82, 2.24) is 4.31 Å². The molecule has 0 aliphatic carbocycles. The number of nitrogens with zero attached hydrogens (tertiary/aromatic N) is 2. The van der Waals surface area contributed by atoms with Gasteiger partial charge in [0, 0.05) is 13.6 Å². The van der Waals surface area contributed by atoms with Crippen LogP contribution in [0.2, 0.25) is 0 Å². The van der Waals surface area contributed by atoms with E-state index in [2.05, 4.69) is 0 Å². The molecule has 2 aromatic carbocycles. The number of likely N-dealkylation sites (N-methyl/N-ethyl adjacent to an activating group) is 1. The van der Waals surface area contributed by atoms with E-state index in [4.69, 9.17) is 0 Å². The number of halogens is 1. The Morgan fingerprint density at radius 3 is 2.45 bits per heavy atom. The molecule has 1 amide bonds. The van der Waals surface area contributed by atoms with Gasteiger partial charge in [0.25, 0.3) is 10.0 Å². The molecule has 3 aromatic rings. The predicted molar refractivity (Wildman–Crippen MR) is 111 cm³/mol. The number of hydrogen-bond donors (Lipinski definition) is 0. The number of rotatable bonds is 4. The molecule has 4 rings (SSSR count). The largest absolute Gasteiger partial charge is 0.311 e. The number of para-hydroxylation sites is 1. The molecule has 5 nitrogen and oxygen atoms in total. The quantitative estimate of drug-likeness (QED) is 0.635. The zero-order valence-electron chi connectivity index (χ0n) is 15.7. The lowest BCUT2D eigenvalue weighted by Crippen LogP contribution is -2.53. The van der Waals surface area contributed by atoms with Crippen LogP contribution in [0, 0.1) is 5.82 Å². The Morgan fingerprint density at radius 2 is 1.76 bits per heavy atom. The van der Waals surface area contributed by atoms with Crippen molar-refractivity contribution in [3.05, 3.63) is 83.0 Å². The highest BCUT2D eigenvalue weighted by Crippen LogP contribution is 2.32. The molecule has 0 saturated carbocycles. The van der Waals surface area contributed by atoms with Crippen molar-refractivity contribution < 1.29 is 17.6 Å². The summed E-state index contributed by atoms with van der Waals surface area (Å²) in [6.07, 6.45) is 0.235. The fraction of sp³-hybridized carbons (Fsp3) is 0.190. The van der Waals surface area contributed by atoms with Crippen LogP contribution in [0.4, 0.5) is 10.1 Å². The standard InChI is InChI=1S/C21H19FN2O3S2/c1-23(18-10-5-4-9-17(18)22)21(25)19-13-15-7-2-3-8-16(15)14-24(19)29(26,27)20-11-6-12-28-20/h2-12,19H,13-14H2,1H3/t19-/m0/s1. The smallest absolute Gasteiger partial charge is 0.253 e. The van der Waals surface area contributed by atoms with Gasteiger partial charge in [-0.25, -0.2) is 12.8 Å². The van der Waals surface area contributed by atoms with Gasteiger partial charge in [0.1, 0.15) is 16.1 Å². The van der Waals surface area contributed by atoms with E-state index in [9.17, 15) is 17.6 Å². The topological polar surface area (TPSA) is 57.7 Å². The normalized spacial score (nSPS) is 17.0.